The minimum Gasteiger partial charge on any atom is -0.457 e. The summed E-state index contributed by atoms with van der Waals surface area (Å²) in [5.41, 5.74) is 10.9. The van der Waals surface area contributed by atoms with Crippen molar-refractivity contribution in [1.29, 1.82) is 0 Å². The molecule has 2 N–H and O–H groups in total. The van der Waals surface area contributed by atoms with E-state index in [1.165, 1.54) is 11.1 Å². The molecular weight excluding hydrogens is 326 g/mol. The first-order valence-corrected chi connectivity index (χ1v) is 7.64. The highest BCUT2D eigenvalue weighted by Gasteiger charge is 2.14. The third-order valence-electron chi connectivity index (χ3n) is 3.57. The van der Waals surface area contributed by atoms with E-state index in [1.54, 1.807) is 6.26 Å². The van der Waals surface area contributed by atoms with E-state index >= 15 is 0 Å². The molecule has 0 spiro atoms. The highest BCUT2D eigenvalue weighted by molar-refractivity contribution is 9.10. The average Bonchev–Trinajstić information content (AvgIpc) is 2.94. The van der Waals surface area contributed by atoms with Gasteiger partial charge in [0, 0.05) is 5.56 Å². The summed E-state index contributed by atoms with van der Waals surface area (Å²) in [5.74, 6) is 0. The summed E-state index contributed by atoms with van der Waals surface area (Å²) >= 11 is 3.38. The van der Waals surface area contributed by atoms with Crippen molar-refractivity contribution in [2.45, 2.75) is 12.5 Å². The van der Waals surface area contributed by atoms with Crippen LogP contribution in [0.4, 0.5) is 0 Å². The maximum absolute atomic E-state index is 6.27. The fraction of sp³-hybridized carbons (Fsp3) is 0.111. The number of halogens is 1. The largest absolute Gasteiger partial charge is 0.457 e. The minimum atomic E-state index is -0.177. The Morgan fingerprint density at radius 2 is 1.57 bits per heavy atom. The molecule has 0 aliphatic rings. The number of hydrogen-bond acceptors (Lipinski definition) is 2. The van der Waals surface area contributed by atoms with Gasteiger partial charge in [0.05, 0.1) is 12.3 Å². The van der Waals surface area contributed by atoms with Gasteiger partial charge in [-0.15, -0.1) is 0 Å². The molecule has 106 valence electrons. The number of rotatable bonds is 4. The highest BCUT2D eigenvalue weighted by atomic mass is 79.9. The second kappa shape index (κ2) is 6.29. The van der Waals surface area contributed by atoms with Gasteiger partial charge < -0.3 is 10.2 Å². The van der Waals surface area contributed by atoms with Gasteiger partial charge in [-0.05, 0) is 45.1 Å². The fourth-order valence-corrected chi connectivity index (χ4v) is 2.87. The van der Waals surface area contributed by atoms with Gasteiger partial charge in [0.2, 0.25) is 0 Å². The van der Waals surface area contributed by atoms with E-state index in [4.69, 9.17) is 10.2 Å². The molecule has 3 heteroatoms. The van der Waals surface area contributed by atoms with Crippen LogP contribution < -0.4 is 5.73 Å². The van der Waals surface area contributed by atoms with Crippen molar-refractivity contribution in [1.82, 2.24) is 0 Å². The molecule has 0 bridgehead atoms. The quantitative estimate of drug-likeness (QED) is 0.748. The molecule has 2 nitrogen and oxygen atoms in total. The van der Waals surface area contributed by atoms with Gasteiger partial charge >= 0.3 is 0 Å². The predicted octanol–water partition coefficient (Wildman–Crippen LogP) is 4.68. The van der Waals surface area contributed by atoms with Gasteiger partial charge in [-0.2, -0.15) is 0 Å². The molecule has 1 aromatic heterocycles. The Morgan fingerprint density at radius 3 is 2.19 bits per heavy atom. The van der Waals surface area contributed by atoms with Crippen molar-refractivity contribution in [2.24, 2.45) is 5.73 Å². The predicted molar refractivity (Wildman–Crippen MR) is 88.1 cm³/mol. The van der Waals surface area contributed by atoms with Crippen LogP contribution >= 0.6 is 15.9 Å². The lowest BCUT2D eigenvalue weighted by molar-refractivity contribution is 0.534. The van der Waals surface area contributed by atoms with Crippen LogP contribution in [-0.2, 0) is 6.42 Å². The van der Waals surface area contributed by atoms with Gasteiger partial charge in [0.25, 0.3) is 0 Å². The summed E-state index contributed by atoms with van der Waals surface area (Å²) in [5, 5.41) is 0. The normalized spacial score (nSPS) is 12.3. The maximum atomic E-state index is 6.27. The number of furan rings is 1. The van der Waals surface area contributed by atoms with Crippen LogP contribution in [0.2, 0.25) is 0 Å². The van der Waals surface area contributed by atoms with Crippen molar-refractivity contribution < 1.29 is 4.42 Å². The molecule has 0 fully saturated rings. The molecule has 3 aromatic rings. The minimum absolute atomic E-state index is 0.177. The van der Waals surface area contributed by atoms with Crippen LogP contribution in [0.1, 0.15) is 28.3 Å². The van der Waals surface area contributed by atoms with Gasteiger partial charge in [-0.3, -0.25) is 0 Å². The molecule has 0 saturated carbocycles. The van der Waals surface area contributed by atoms with E-state index < -0.39 is 0 Å². The lowest BCUT2D eigenvalue weighted by atomic mass is 9.98. The molecule has 2 aromatic carbocycles. The van der Waals surface area contributed by atoms with Crippen LogP contribution in [0.25, 0.3) is 0 Å². The first-order chi connectivity index (χ1) is 10.2. The average molecular weight is 342 g/mol. The van der Waals surface area contributed by atoms with Crippen LogP contribution in [0.5, 0.6) is 0 Å². The molecule has 21 heavy (non-hydrogen) atoms. The number of benzene rings is 2. The zero-order chi connectivity index (χ0) is 14.7. The van der Waals surface area contributed by atoms with Crippen molar-refractivity contribution >= 4 is 15.9 Å². The Labute approximate surface area is 132 Å². The lowest BCUT2D eigenvalue weighted by Gasteiger charge is -2.11. The van der Waals surface area contributed by atoms with E-state index in [9.17, 15) is 0 Å². The zero-order valence-electron chi connectivity index (χ0n) is 11.5. The van der Waals surface area contributed by atoms with Gasteiger partial charge in [-0.25, -0.2) is 0 Å². The molecule has 0 amide bonds. The van der Waals surface area contributed by atoms with Gasteiger partial charge in [0.1, 0.15) is 0 Å². The SMILES string of the molecule is NC(c1ccc(Cc2ccccc2)cc1)c1ccoc1Br. The lowest BCUT2D eigenvalue weighted by Crippen LogP contribution is -2.11. The summed E-state index contributed by atoms with van der Waals surface area (Å²) in [4.78, 5) is 0. The van der Waals surface area contributed by atoms with E-state index in [-0.39, 0.29) is 6.04 Å². The third-order valence-corrected chi connectivity index (χ3v) is 4.22. The summed E-state index contributed by atoms with van der Waals surface area (Å²) in [6.07, 6.45) is 2.58. The van der Waals surface area contributed by atoms with Gasteiger partial charge in [-0.1, -0.05) is 54.6 Å². The first-order valence-electron chi connectivity index (χ1n) is 6.85. The molecule has 3 rings (SSSR count). The zero-order valence-corrected chi connectivity index (χ0v) is 13.1. The van der Waals surface area contributed by atoms with Crippen LogP contribution in [-0.4, -0.2) is 0 Å². The molecule has 0 saturated heterocycles. The summed E-state index contributed by atoms with van der Waals surface area (Å²) in [6, 6.07) is 20.6. The standard InChI is InChI=1S/C18H16BrNO/c19-18-16(10-11-21-18)17(20)15-8-6-14(7-9-15)12-13-4-2-1-3-5-13/h1-11,17H,12,20H2. The smallest absolute Gasteiger partial charge is 0.174 e. The Bertz CT molecular complexity index is 704. The molecule has 1 unspecified atom stereocenters. The van der Waals surface area contributed by atoms with Crippen molar-refractivity contribution in [3.63, 3.8) is 0 Å². The molecule has 1 heterocycles. The van der Waals surface area contributed by atoms with E-state index in [1.807, 2.05) is 12.1 Å². The van der Waals surface area contributed by atoms with Crippen molar-refractivity contribution in [3.8, 4) is 0 Å². The summed E-state index contributed by atoms with van der Waals surface area (Å²) < 4.78 is 5.94. The summed E-state index contributed by atoms with van der Waals surface area (Å²) in [6.45, 7) is 0. The molecule has 0 aliphatic carbocycles. The van der Waals surface area contributed by atoms with E-state index in [0.29, 0.717) is 4.67 Å². The van der Waals surface area contributed by atoms with Crippen molar-refractivity contribution in [3.05, 3.63) is 93.9 Å². The second-order valence-corrected chi connectivity index (χ2v) is 5.75. The van der Waals surface area contributed by atoms with E-state index in [0.717, 1.165) is 17.5 Å². The fourth-order valence-electron chi connectivity index (χ4n) is 2.38. The topological polar surface area (TPSA) is 39.2 Å². The van der Waals surface area contributed by atoms with Gasteiger partial charge in [0.15, 0.2) is 4.67 Å². The Balaban J connectivity index is 1.77. The maximum Gasteiger partial charge on any atom is 0.174 e. The highest BCUT2D eigenvalue weighted by Crippen LogP contribution is 2.28. The summed E-state index contributed by atoms with van der Waals surface area (Å²) in [7, 11) is 0. The van der Waals surface area contributed by atoms with Crippen LogP contribution in [0.15, 0.2) is 76.0 Å². The second-order valence-electron chi connectivity index (χ2n) is 5.03. The third kappa shape index (κ3) is 3.26. The molecule has 1 atom stereocenters. The monoisotopic (exact) mass is 341 g/mol. The Morgan fingerprint density at radius 1 is 0.905 bits per heavy atom. The molecular formula is C18H16BrNO. The number of hydrogen-bond donors (Lipinski definition) is 1. The number of nitrogens with two attached hydrogens (primary N) is 1. The Hall–Kier alpha value is -1.84. The first kappa shape index (κ1) is 14.1. The van der Waals surface area contributed by atoms with Crippen LogP contribution in [0.3, 0.4) is 0 Å². The van der Waals surface area contributed by atoms with Crippen LogP contribution in [0, 0.1) is 0 Å². The Kier molecular flexibility index (Phi) is 4.23. The van der Waals surface area contributed by atoms with E-state index in [2.05, 4.69) is 64.5 Å². The molecule has 0 radical (unpaired) electrons. The molecule has 0 aliphatic heterocycles. The van der Waals surface area contributed by atoms with Crippen molar-refractivity contribution in [2.75, 3.05) is 0 Å².